The Labute approximate surface area is 167 Å². The molecule has 1 saturated heterocycles. The molecule has 8 heteroatoms. The summed E-state index contributed by atoms with van der Waals surface area (Å²) in [6, 6.07) is 11.6. The molecule has 1 N–H and O–H groups in total. The zero-order chi connectivity index (χ0) is 19.3. The van der Waals surface area contributed by atoms with Crippen LogP contribution >= 0.6 is 11.3 Å². The van der Waals surface area contributed by atoms with Gasteiger partial charge in [-0.05, 0) is 29.9 Å². The standard InChI is InChI=1S/C20H21N5O2S/c26-19(21-11-15-5-2-1-3-6-15)18-13-24(23-22-18)12-17-7-4-9-25(17)20(27)16-8-10-28-14-16/h1-3,5-6,8,10,13-14,17H,4,7,9,11-12H2,(H,21,26). The lowest BCUT2D eigenvalue weighted by molar-refractivity contribution is 0.0721. The predicted octanol–water partition coefficient (Wildman–Crippen LogP) is 2.57. The number of carbonyl (C=O) groups is 2. The van der Waals surface area contributed by atoms with Crippen molar-refractivity contribution in [2.45, 2.75) is 32.0 Å². The number of thiophene rings is 1. The fraction of sp³-hybridized carbons (Fsp3) is 0.300. The molecule has 4 rings (SSSR count). The Morgan fingerprint density at radius 1 is 1.21 bits per heavy atom. The number of nitrogens with zero attached hydrogens (tertiary/aromatic N) is 4. The van der Waals surface area contributed by atoms with Gasteiger partial charge in [-0.2, -0.15) is 11.3 Å². The Bertz CT molecular complexity index is 939. The van der Waals surface area contributed by atoms with Crippen LogP contribution in [0.15, 0.2) is 53.4 Å². The Morgan fingerprint density at radius 2 is 2.07 bits per heavy atom. The van der Waals surface area contributed by atoms with Gasteiger partial charge >= 0.3 is 0 Å². The van der Waals surface area contributed by atoms with Crippen LogP contribution in [-0.4, -0.2) is 44.3 Å². The second-order valence-corrected chi connectivity index (χ2v) is 7.58. The summed E-state index contributed by atoms with van der Waals surface area (Å²) in [4.78, 5) is 26.9. The van der Waals surface area contributed by atoms with Crippen molar-refractivity contribution in [3.63, 3.8) is 0 Å². The van der Waals surface area contributed by atoms with Crippen molar-refractivity contribution in [2.75, 3.05) is 6.54 Å². The van der Waals surface area contributed by atoms with Crippen LogP contribution in [0.3, 0.4) is 0 Å². The summed E-state index contributed by atoms with van der Waals surface area (Å²) in [6.07, 6.45) is 3.54. The largest absolute Gasteiger partial charge is 0.347 e. The molecule has 0 bridgehead atoms. The molecule has 1 fully saturated rings. The van der Waals surface area contributed by atoms with Crippen molar-refractivity contribution in [1.82, 2.24) is 25.2 Å². The van der Waals surface area contributed by atoms with Crippen LogP contribution < -0.4 is 5.32 Å². The first-order valence-corrected chi connectivity index (χ1v) is 10.2. The highest BCUT2D eigenvalue weighted by atomic mass is 32.1. The van der Waals surface area contributed by atoms with Gasteiger partial charge in [-0.25, -0.2) is 4.68 Å². The van der Waals surface area contributed by atoms with Gasteiger partial charge in [0, 0.05) is 18.5 Å². The number of benzene rings is 1. The number of rotatable bonds is 6. The van der Waals surface area contributed by atoms with E-state index < -0.39 is 0 Å². The minimum Gasteiger partial charge on any atom is -0.347 e. The second kappa shape index (κ2) is 8.35. The molecule has 7 nitrogen and oxygen atoms in total. The molecule has 2 aromatic heterocycles. The van der Waals surface area contributed by atoms with Crippen molar-refractivity contribution in [3.05, 3.63) is 70.2 Å². The van der Waals surface area contributed by atoms with Gasteiger partial charge in [-0.3, -0.25) is 9.59 Å². The summed E-state index contributed by atoms with van der Waals surface area (Å²) in [5.41, 5.74) is 2.04. The second-order valence-electron chi connectivity index (χ2n) is 6.80. The van der Waals surface area contributed by atoms with Crippen molar-refractivity contribution >= 4 is 23.2 Å². The van der Waals surface area contributed by atoms with Crippen LogP contribution in [0.5, 0.6) is 0 Å². The molecule has 0 spiro atoms. The van der Waals surface area contributed by atoms with Crippen molar-refractivity contribution < 1.29 is 9.59 Å². The van der Waals surface area contributed by atoms with Gasteiger partial charge in [0.05, 0.1) is 24.3 Å². The molecule has 3 heterocycles. The number of nitrogens with one attached hydrogen (secondary N) is 1. The van der Waals surface area contributed by atoms with Crippen molar-refractivity contribution in [3.8, 4) is 0 Å². The molecule has 1 aromatic carbocycles. The molecule has 3 aromatic rings. The Morgan fingerprint density at radius 3 is 2.86 bits per heavy atom. The molecular weight excluding hydrogens is 374 g/mol. The van der Waals surface area contributed by atoms with E-state index in [2.05, 4.69) is 15.6 Å². The summed E-state index contributed by atoms with van der Waals surface area (Å²) in [5.74, 6) is -0.197. The maximum atomic E-state index is 12.7. The van der Waals surface area contributed by atoms with Gasteiger partial charge in [0.2, 0.25) is 0 Å². The zero-order valence-corrected chi connectivity index (χ0v) is 16.1. The highest BCUT2D eigenvalue weighted by Gasteiger charge is 2.30. The average molecular weight is 395 g/mol. The first-order valence-electron chi connectivity index (χ1n) is 9.26. The summed E-state index contributed by atoms with van der Waals surface area (Å²) in [5, 5.41) is 14.7. The summed E-state index contributed by atoms with van der Waals surface area (Å²) >= 11 is 1.52. The van der Waals surface area contributed by atoms with E-state index in [1.807, 2.05) is 52.1 Å². The van der Waals surface area contributed by atoms with Crippen LogP contribution in [-0.2, 0) is 13.1 Å². The first kappa shape index (κ1) is 18.4. The number of hydrogen-bond donors (Lipinski definition) is 1. The number of likely N-dealkylation sites (tertiary alicyclic amines) is 1. The molecule has 1 aliphatic rings. The summed E-state index contributed by atoms with van der Waals surface area (Å²) in [7, 11) is 0. The van der Waals surface area contributed by atoms with Crippen molar-refractivity contribution in [1.29, 1.82) is 0 Å². The van der Waals surface area contributed by atoms with E-state index in [0.29, 0.717) is 13.1 Å². The van der Waals surface area contributed by atoms with Gasteiger partial charge < -0.3 is 10.2 Å². The molecule has 1 unspecified atom stereocenters. The van der Waals surface area contributed by atoms with Crippen LogP contribution in [0, 0.1) is 0 Å². The van der Waals surface area contributed by atoms with Gasteiger partial charge in [-0.1, -0.05) is 35.5 Å². The zero-order valence-electron chi connectivity index (χ0n) is 15.3. The molecule has 0 aliphatic carbocycles. The predicted molar refractivity (Wildman–Crippen MR) is 106 cm³/mol. The topological polar surface area (TPSA) is 80.1 Å². The lowest BCUT2D eigenvalue weighted by atomic mass is 10.2. The summed E-state index contributed by atoms with van der Waals surface area (Å²) in [6.45, 7) is 1.73. The average Bonchev–Trinajstić information content (AvgIpc) is 3.48. The maximum Gasteiger partial charge on any atom is 0.273 e. The molecule has 1 atom stereocenters. The Hall–Kier alpha value is -3.00. The van der Waals surface area contributed by atoms with Gasteiger partial charge in [-0.15, -0.1) is 5.10 Å². The van der Waals surface area contributed by atoms with Gasteiger partial charge in [0.15, 0.2) is 5.69 Å². The van der Waals surface area contributed by atoms with E-state index in [9.17, 15) is 9.59 Å². The van der Waals surface area contributed by atoms with Gasteiger partial charge in [0.1, 0.15) is 0 Å². The fourth-order valence-corrected chi connectivity index (χ4v) is 4.05. The monoisotopic (exact) mass is 395 g/mol. The third kappa shape index (κ3) is 4.12. The molecule has 28 heavy (non-hydrogen) atoms. The molecule has 2 amide bonds. The lowest BCUT2D eigenvalue weighted by Crippen LogP contribution is -2.38. The molecular formula is C20H21N5O2S. The van der Waals surface area contributed by atoms with E-state index in [4.69, 9.17) is 0 Å². The Balaban J connectivity index is 1.36. The highest BCUT2D eigenvalue weighted by Crippen LogP contribution is 2.22. The molecule has 1 aliphatic heterocycles. The van der Waals surface area contributed by atoms with E-state index in [1.54, 1.807) is 10.9 Å². The van der Waals surface area contributed by atoms with E-state index in [1.165, 1.54) is 11.3 Å². The Kier molecular flexibility index (Phi) is 5.48. The number of amides is 2. The first-order chi connectivity index (χ1) is 13.7. The molecule has 0 radical (unpaired) electrons. The lowest BCUT2D eigenvalue weighted by Gasteiger charge is -2.24. The molecule has 0 saturated carbocycles. The number of hydrogen-bond acceptors (Lipinski definition) is 5. The summed E-state index contributed by atoms with van der Waals surface area (Å²) < 4.78 is 1.65. The highest BCUT2D eigenvalue weighted by molar-refractivity contribution is 7.08. The number of aromatic nitrogens is 3. The third-order valence-electron chi connectivity index (χ3n) is 4.87. The van der Waals surface area contributed by atoms with E-state index in [-0.39, 0.29) is 23.6 Å². The molecule has 144 valence electrons. The normalized spacial score (nSPS) is 16.3. The van der Waals surface area contributed by atoms with Crippen LogP contribution in [0.1, 0.15) is 39.3 Å². The van der Waals surface area contributed by atoms with Crippen molar-refractivity contribution in [2.24, 2.45) is 0 Å². The number of carbonyl (C=O) groups excluding carboxylic acids is 2. The van der Waals surface area contributed by atoms with Gasteiger partial charge in [0.25, 0.3) is 11.8 Å². The minimum atomic E-state index is -0.257. The minimum absolute atomic E-state index is 0.0599. The SMILES string of the molecule is O=C(NCc1ccccc1)c1cn(CC2CCCN2C(=O)c2ccsc2)nn1. The van der Waals surface area contributed by atoms with Crippen LogP contribution in [0.4, 0.5) is 0 Å². The van der Waals surface area contributed by atoms with E-state index >= 15 is 0 Å². The third-order valence-corrected chi connectivity index (χ3v) is 5.55. The van der Waals surface area contributed by atoms with Crippen LogP contribution in [0.25, 0.3) is 0 Å². The van der Waals surface area contributed by atoms with E-state index in [0.717, 1.165) is 30.5 Å². The smallest absolute Gasteiger partial charge is 0.273 e. The quantitative estimate of drug-likeness (QED) is 0.696. The maximum absolute atomic E-state index is 12.7. The fourth-order valence-electron chi connectivity index (χ4n) is 3.42. The van der Waals surface area contributed by atoms with Crippen LogP contribution in [0.2, 0.25) is 0 Å².